The summed E-state index contributed by atoms with van der Waals surface area (Å²) in [5.74, 6) is 0. The van der Waals surface area contributed by atoms with E-state index in [2.05, 4.69) is 15.4 Å². The molecular weight excluding hydrogens is 298 g/mol. The van der Waals surface area contributed by atoms with Crippen LogP contribution in [0.5, 0.6) is 0 Å². The summed E-state index contributed by atoms with van der Waals surface area (Å²) in [6.07, 6.45) is 5.34. The Morgan fingerprint density at radius 2 is 2.18 bits per heavy atom. The molecule has 2 aromatic heterocycles. The van der Waals surface area contributed by atoms with Crippen molar-refractivity contribution in [3.8, 4) is 5.69 Å². The molecule has 3 rings (SSSR count). The zero-order chi connectivity index (χ0) is 15.4. The van der Waals surface area contributed by atoms with Crippen LogP contribution in [0.25, 0.3) is 5.69 Å². The molecule has 0 aliphatic carbocycles. The lowest BCUT2D eigenvalue weighted by Crippen LogP contribution is -2.30. The standard InChI is InChI=1S/C15H15N5OS/c1-19(15(21)18-14-16-7-8-22-14)10-12-9-17-20(11-12)13-5-3-2-4-6-13/h2-9,11H,10H2,1H3,(H,16,18,21). The number of carbonyl (C=O) groups excluding carboxylic acids is 1. The third-order valence-corrected chi connectivity index (χ3v) is 3.76. The van der Waals surface area contributed by atoms with Gasteiger partial charge in [0.1, 0.15) is 0 Å². The predicted molar refractivity (Wildman–Crippen MR) is 86.2 cm³/mol. The molecule has 112 valence electrons. The Kier molecular flexibility index (Phi) is 4.15. The van der Waals surface area contributed by atoms with Crippen LogP contribution in [0.3, 0.4) is 0 Å². The maximum absolute atomic E-state index is 12.0. The molecule has 2 amide bonds. The predicted octanol–water partition coefficient (Wildman–Crippen LogP) is 2.99. The zero-order valence-corrected chi connectivity index (χ0v) is 12.8. The number of rotatable bonds is 4. The lowest BCUT2D eigenvalue weighted by Gasteiger charge is -2.15. The van der Waals surface area contributed by atoms with Crippen LogP contribution < -0.4 is 5.32 Å². The van der Waals surface area contributed by atoms with E-state index in [1.54, 1.807) is 29.0 Å². The minimum atomic E-state index is -0.192. The molecule has 6 nitrogen and oxygen atoms in total. The first-order chi connectivity index (χ1) is 10.7. The molecule has 0 aliphatic rings. The van der Waals surface area contributed by atoms with Crippen molar-refractivity contribution in [1.82, 2.24) is 19.7 Å². The van der Waals surface area contributed by atoms with Crippen LogP contribution >= 0.6 is 11.3 Å². The number of amides is 2. The fourth-order valence-corrected chi connectivity index (χ4v) is 2.50. The average Bonchev–Trinajstić information content (AvgIpc) is 3.20. The van der Waals surface area contributed by atoms with Crippen molar-refractivity contribution in [3.63, 3.8) is 0 Å². The van der Waals surface area contributed by atoms with Crippen LogP contribution in [0.2, 0.25) is 0 Å². The molecule has 0 aliphatic heterocycles. The first-order valence-electron chi connectivity index (χ1n) is 6.73. The number of urea groups is 1. The largest absolute Gasteiger partial charge is 0.323 e. The highest BCUT2D eigenvalue weighted by molar-refractivity contribution is 7.13. The Labute approximate surface area is 132 Å². The van der Waals surface area contributed by atoms with Crippen molar-refractivity contribution in [1.29, 1.82) is 0 Å². The van der Waals surface area contributed by atoms with Crippen LogP contribution in [0.15, 0.2) is 54.3 Å². The number of carbonyl (C=O) groups is 1. The van der Waals surface area contributed by atoms with E-state index in [1.807, 2.05) is 41.9 Å². The van der Waals surface area contributed by atoms with Gasteiger partial charge in [0, 0.05) is 30.4 Å². The first kappa shape index (κ1) is 14.3. The van der Waals surface area contributed by atoms with Gasteiger partial charge in [0.2, 0.25) is 0 Å². The monoisotopic (exact) mass is 313 g/mol. The van der Waals surface area contributed by atoms with E-state index < -0.39 is 0 Å². The summed E-state index contributed by atoms with van der Waals surface area (Å²) >= 11 is 1.39. The number of anilines is 1. The number of thiazole rings is 1. The van der Waals surface area contributed by atoms with Gasteiger partial charge >= 0.3 is 6.03 Å². The van der Waals surface area contributed by atoms with Crippen molar-refractivity contribution in [2.45, 2.75) is 6.54 Å². The molecule has 0 atom stereocenters. The molecule has 0 radical (unpaired) electrons. The molecule has 22 heavy (non-hydrogen) atoms. The van der Waals surface area contributed by atoms with Crippen molar-refractivity contribution in [2.75, 3.05) is 12.4 Å². The third kappa shape index (κ3) is 3.32. The third-order valence-electron chi connectivity index (χ3n) is 3.07. The zero-order valence-electron chi connectivity index (χ0n) is 12.0. The van der Waals surface area contributed by atoms with Gasteiger partial charge in [0.25, 0.3) is 0 Å². The molecule has 0 unspecified atom stereocenters. The van der Waals surface area contributed by atoms with Gasteiger partial charge in [0.15, 0.2) is 5.13 Å². The quantitative estimate of drug-likeness (QED) is 0.805. The summed E-state index contributed by atoms with van der Waals surface area (Å²) in [4.78, 5) is 17.7. The van der Waals surface area contributed by atoms with Crippen LogP contribution in [0, 0.1) is 0 Å². The highest BCUT2D eigenvalue weighted by Gasteiger charge is 2.11. The number of aromatic nitrogens is 3. The van der Waals surface area contributed by atoms with E-state index >= 15 is 0 Å². The molecule has 0 saturated carbocycles. The molecule has 1 aromatic carbocycles. The molecule has 7 heteroatoms. The lowest BCUT2D eigenvalue weighted by atomic mass is 10.3. The van der Waals surface area contributed by atoms with E-state index in [1.165, 1.54) is 11.3 Å². The average molecular weight is 313 g/mol. The molecule has 0 spiro atoms. The van der Waals surface area contributed by atoms with Crippen LogP contribution in [0.4, 0.5) is 9.93 Å². The molecular formula is C15H15N5OS. The number of benzene rings is 1. The Bertz CT molecular complexity index is 738. The minimum absolute atomic E-state index is 0.192. The van der Waals surface area contributed by atoms with Gasteiger partial charge in [-0.25, -0.2) is 14.5 Å². The van der Waals surface area contributed by atoms with Gasteiger partial charge in [-0.1, -0.05) is 18.2 Å². The Hall–Kier alpha value is -2.67. The Balaban J connectivity index is 1.63. The van der Waals surface area contributed by atoms with Gasteiger partial charge in [-0.3, -0.25) is 5.32 Å². The van der Waals surface area contributed by atoms with Crippen molar-refractivity contribution < 1.29 is 4.79 Å². The lowest BCUT2D eigenvalue weighted by molar-refractivity contribution is 0.220. The van der Waals surface area contributed by atoms with Gasteiger partial charge in [0.05, 0.1) is 18.4 Å². The van der Waals surface area contributed by atoms with E-state index in [-0.39, 0.29) is 6.03 Å². The fraction of sp³-hybridized carbons (Fsp3) is 0.133. The fourth-order valence-electron chi connectivity index (χ4n) is 1.98. The van der Waals surface area contributed by atoms with E-state index in [0.29, 0.717) is 11.7 Å². The van der Waals surface area contributed by atoms with Gasteiger partial charge in [-0.15, -0.1) is 11.3 Å². The molecule has 3 aromatic rings. The summed E-state index contributed by atoms with van der Waals surface area (Å²) in [5.41, 5.74) is 1.95. The van der Waals surface area contributed by atoms with Gasteiger partial charge in [-0.05, 0) is 12.1 Å². The smallest absolute Gasteiger partial charge is 0.323 e. The van der Waals surface area contributed by atoms with Gasteiger partial charge < -0.3 is 4.90 Å². The second kappa shape index (κ2) is 6.40. The normalized spacial score (nSPS) is 10.4. The van der Waals surface area contributed by atoms with Crippen LogP contribution in [0.1, 0.15) is 5.56 Å². The maximum Gasteiger partial charge on any atom is 0.323 e. The minimum Gasteiger partial charge on any atom is -0.323 e. The van der Waals surface area contributed by atoms with Crippen molar-refractivity contribution in [2.24, 2.45) is 0 Å². The molecule has 2 heterocycles. The number of nitrogens with one attached hydrogen (secondary N) is 1. The van der Waals surface area contributed by atoms with E-state index in [4.69, 9.17) is 0 Å². The second-order valence-corrected chi connectivity index (χ2v) is 5.65. The topological polar surface area (TPSA) is 63.1 Å². The Morgan fingerprint density at radius 3 is 2.91 bits per heavy atom. The number of hydrogen-bond acceptors (Lipinski definition) is 4. The van der Waals surface area contributed by atoms with Crippen molar-refractivity contribution in [3.05, 3.63) is 59.9 Å². The second-order valence-electron chi connectivity index (χ2n) is 4.75. The van der Waals surface area contributed by atoms with E-state index in [0.717, 1.165) is 11.3 Å². The number of para-hydroxylation sites is 1. The number of nitrogens with zero attached hydrogens (tertiary/aromatic N) is 4. The maximum atomic E-state index is 12.0. The number of hydrogen-bond donors (Lipinski definition) is 1. The first-order valence-corrected chi connectivity index (χ1v) is 7.61. The summed E-state index contributed by atoms with van der Waals surface area (Å²) in [5, 5.41) is 9.48. The SMILES string of the molecule is CN(Cc1cnn(-c2ccccc2)c1)C(=O)Nc1nccs1. The molecule has 1 N–H and O–H groups in total. The highest BCUT2D eigenvalue weighted by Crippen LogP contribution is 2.12. The highest BCUT2D eigenvalue weighted by atomic mass is 32.1. The van der Waals surface area contributed by atoms with Crippen LogP contribution in [-0.2, 0) is 6.54 Å². The van der Waals surface area contributed by atoms with Crippen molar-refractivity contribution >= 4 is 22.5 Å². The summed E-state index contributed by atoms with van der Waals surface area (Å²) in [7, 11) is 1.74. The molecule has 0 bridgehead atoms. The summed E-state index contributed by atoms with van der Waals surface area (Å²) in [6.45, 7) is 0.476. The van der Waals surface area contributed by atoms with E-state index in [9.17, 15) is 4.79 Å². The summed E-state index contributed by atoms with van der Waals surface area (Å²) in [6, 6.07) is 9.66. The van der Waals surface area contributed by atoms with Crippen LogP contribution in [-0.4, -0.2) is 32.7 Å². The van der Waals surface area contributed by atoms with Gasteiger partial charge in [-0.2, -0.15) is 5.10 Å². The summed E-state index contributed by atoms with van der Waals surface area (Å²) < 4.78 is 1.79. The Morgan fingerprint density at radius 1 is 1.36 bits per heavy atom. The molecule has 0 saturated heterocycles. The molecule has 0 fully saturated rings.